The predicted molar refractivity (Wildman–Crippen MR) is 114 cm³/mol. The zero-order valence-electron chi connectivity index (χ0n) is 16.2. The third-order valence-corrected chi connectivity index (χ3v) is 7.34. The minimum Gasteiger partial charge on any atom is -0.468 e. The Morgan fingerprint density at radius 3 is 2.59 bits per heavy atom. The number of nitrogens with one attached hydrogen (secondary N) is 1. The second-order valence-corrected chi connectivity index (χ2v) is 9.16. The molecule has 152 valence electrons. The number of hydrogen-bond donors (Lipinski definition) is 1. The van der Waals surface area contributed by atoms with Gasteiger partial charge in [-0.2, -0.15) is 11.8 Å². The maximum atomic E-state index is 13.6. The highest BCUT2D eigenvalue weighted by Gasteiger charge is 2.68. The van der Waals surface area contributed by atoms with Crippen LogP contribution in [-0.2, 0) is 19.1 Å². The van der Waals surface area contributed by atoms with Crippen molar-refractivity contribution in [2.75, 3.05) is 24.0 Å². The van der Waals surface area contributed by atoms with Gasteiger partial charge in [-0.1, -0.05) is 24.3 Å². The van der Waals surface area contributed by atoms with Crippen LogP contribution in [-0.4, -0.2) is 42.4 Å². The number of thioether (sulfide) groups is 1. The van der Waals surface area contributed by atoms with E-state index in [0.29, 0.717) is 17.9 Å². The summed E-state index contributed by atoms with van der Waals surface area (Å²) in [5.74, 6) is -1.90. The lowest BCUT2D eigenvalue weighted by molar-refractivity contribution is -0.152. The molecule has 0 bridgehead atoms. The van der Waals surface area contributed by atoms with E-state index in [1.165, 1.54) is 23.3 Å². The van der Waals surface area contributed by atoms with Crippen molar-refractivity contribution in [1.82, 2.24) is 5.32 Å². The molecule has 0 radical (unpaired) electrons. The Hall–Kier alpha value is -2.16. The number of rotatable bonds is 6. The van der Waals surface area contributed by atoms with Gasteiger partial charge in [-0.25, -0.2) is 4.90 Å². The van der Waals surface area contributed by atoms with Gasteiger partial charge in [0.25, 0.3) is 0 Å². The molecule has 1 aromatic carbocycles. The number of methoxy groups -OCH3 is 1. The van der Waals surface area contributed by atoms with Crippen molar-refractivity contribution >= 4 is 46.6 Å². The molecule has 2 aliphatic heterocycles. The Labute approximate surface area is 177 Å². The average molecular weight is 431 g/mol. The molecule has 1 N–H and O–H groups in total. The Morgan fingerprint density at radius 2 is 1.97 bits per heavy atom. The third-order valence-electron chi connectivity index (χ3n) is 5.77. The number of esters is 1. The molecule has 4 atom stereocenters. The highest BCUT2D eigenvalue weighted by Crippen LogP contribution is 2.52. The van der Waals surface area contributed by atoms with E-state index in [0.717, 1.165) is 4.88 Å². The Bertz CT molecular complexity index is 918. The van der Waals surface area contributed by atoms with Gasteiger partial charge in [0, 0.05) is 4.88 Å². The number of ether oxygens (including phenoxy) is 1. The Balaban J connectivity index is 1.84. The molecular formula is C21H22N2O4S2. The SMILES string of the molecule is COC(=O)C1(CCSC)NC(c2cccs2)C2C(=O)N(c3ccccc3)C(=O)C21. The van der Waals surface area contributed by atoms with E-state index in [1.807, 2.05) is 29.8 Å². The zero-order chi connectivity index (χ0) is 20.6. The first-order chi connectivity index (χ1) is 14.0. The summed E-state index contributed by atoms with van der Waals surface area (Å²) in [7, 11) is 1.33. The van der Waals surface area contributed by atoms with E-state index in [1.54, 1.807) is 36.0 Å². The highest BCUT2D eigenvalue weighted by atomic mass is 32.2. The van der Waals surface area contributed by atoms with Crippen LogP contribution in [0.25, 0.3) is 0 Å². The molecule has 2 amide bonds. The van der Waals surface area contributed by atoms with Crippen molar-refractivity contribution < 1.29 is 19.1 Å². The van der Waals surface area contributed by atoms with E-state index >= 15 is 0 Å². The lowest BCUT2D eigenvalue weighted by Crippen LogP contribution is -2.56. The minimum atomic E-state index is -1.23. The number of amides is 2. The normalized spacial score (nSPS) is 28.6. The van der Waals surface area contributed by atoms with Crippen LogP contribution in [0.5, 0.6) is 0 Å². The van der Waals surface area contributed by atoms with Crippen LogP contribution in [0.2, 0.25) is 0 Å². The fraction of sp³-hybridized carbons (Fsp3) is 0.381. The van der Waals surface area contributed by atoms with E-state index in [4.69, 9.17) is 4.74 Å². The van der Waals surface area contributed by atoms with Gasteiger partial charge in [-0.3, -0.25) is 19.7 Å². The minimum absolute atomic E-state index is 0.271. The number of anilines is 1. The van der Waals surface area contributed by atoms with Gasteiger partial charge in [0.1, 0.15) is 5.54 Å². The molecule has 4 rings (SSSR count). The van der Waals surface area contributed by atoms with Crippen molar-refractivity contribution in [2.45, 2.75) is 18.0 Å². The smallest absolute Gasteiger partial charge is 0.326 e. The monoisotopic (exact) mass is 430 g/mol. The molecule has 2 aliphatic rings. The number of benzene rings is 1. The van der Waals surface area contributed by atoms with Crippen LogP contribution in [0.4, 0.5) is 5.69 Å². The number of hydrogen-bond acceptors (Lipinski definition) is 7. The number of carbonyl (C=O) groups is 3. The van der Waals surface area contributed by atoms with Crippen molar-refractivity contribution in [3.63, 3.8) is 0 Å². The second-order valence-electron chi connectivity index (χ2n) is 7.19. The van der Waals surface area contributed by atoms with Crippen molar-refractivity contribution in [3.05, 3.63) is 52.7 Å². The van der Waals surface area contributed by atoms with Gasteiger partial charge in [-0.05, 0) is 42.0 Å². The quantitative estimate of drug-likeness (QED) is 0.561. The second kappa shape index (κ2) is 7.93. The summed E-state index contributed by atoms with van der Waals surface area (Å²) in [6.07, 6.45) is 2.36. The maximum Gasteiger partial charge on any atom is 0.326 e. The van der Waals surface area contributed by atoms with Crippen molar-refractivity contribution in [3.8, 4) is 0 Å². The standard InChI is InChI=1S/C21H22N2O4S2/c1-27-20(26)21(10-12-28-2)16-15(17(22-21)14-9-6-11-29-14)18(24)23(19(16)25)13-7-4-3-5-8-13/h3-9,11,15-17,22H,10,12H2,1-2H3. The van der Waals surface area contributed by atoms with Crippen LogP contribution >= 0.6 is 23.1 Å². The molecule has 2 saturated heterocycles. The van der Waals surface area contributed by atoms with Gasteiger partial charge in [0.15, 0.2) is 0 Å². The summed E-state index contributed by atoms with van der Waals surface area (Å²) in [4.78, 5) is 42.3. The van der Waals surface area contributed by atoms with Crippen molar-refractivity contribution in [1.29, 1.82) is 0 Å². The topological polar surface area (TPSA) is 75.7 Å². The first-order valence-electron chi connectivity index (χ1n) is 9.36. The highest BCUT2D eigenvalue weighted by molar-refractivity contribution is 7.98. The molecule has 29 heavy (non-hydrogen) atoms. The fourth-order valence-electron chi connectivity index (χ4n) is 4.51. The Morgan fingerprint density at radius 1 is 1.21 bits per heavy atom. The molecule has 0 aliphatic carbocycles. The summed E-state index contributed by atoms with van der Waals surface area (Å²) in [6.45, 7) is 0. The van der Waals surface area contributed by atoms with Gasteiger partial charge in [-0.15, -0.1) is 11.3 Å². The number of imide groups is 1. The lowest BCUT2D eigenvalue weighted by Gasteiger charge is -2.32. The number of thiophene rings is 1. The molecule has 1 aromatic heterocycles. The molecule has 8 heteroatoms. The number of fused-ring (bicyclic) bond motifs is 1. The van der Waals surface area contributed by atoms with Crippen molar-refractivity contribution in [2.24, 2.45) is 11.8 Å². The predicted octanol–water partition coefficient (Wildman–Crippen LogP) is 2.86. The number of carbonyl (C=O) groups excluding carboxylic acids is 3. The van der Waals surface area contributed by atoms with Crippen LogP contribution in [0, 0.1) is 11.8 Å². The van der Waals surface area contributed by atoms with E-state index in [-0.39, 0.29) is 11.8 Å². The number of para-hydroxylation sites is 1. The molecule has 0 saturated carbocycles. The van der Waals surface area contributed by atoms with Crippen LogP contribution in [0.15, 0.2) is 47.8 Å². The first kappa shape index (κ1) is 20.1. The van der Waals surface area contributed by atoms with E-state index in [2.05, 4.69) is 5.32 Å². The molecule has 4 unspecified atom stereocenters. The average Bonchev–Trinajstić information content (AvgIpc) is 3.44. The maximum absolute atomic E-state index is 13.6. The van der Waals surface area contributed by atoms with Gasteiger partial charge in [0.2, 0.25) is 11.8 Å². The molecule has 0 spiro atoms. The molecule has 3 heterocycles. The molecular weight excluding hydrogens is 408 g/mol. The summed E-state index contributed by atoms with van der Waals surface area (Å²) >= 11 is 3.10. The molecule has 6 nitrogen and oxygen atoms in total. The molecule has 2 aromatic rings. The fourth-order valence-corrected chi connectivity index (χ4v) is 5.86. The number of nitrogens with zero attached hydrogens (tertiary/aromatic N) is 1. The van der Waals surface area contributed by atoms with Gasteiger partial charge < -0.3 is 4.74 Å². The zero-order valence-corrected chi connectivity index (χ0v) is 17.8. The van der Waals surface area contributed by atoms with Gasteiger partial charge in [0.05, 0.1) is 30.7 Å². The summed E-state index contributed by atoms with van der Waals surface area (Å²) in [6, 6.07) is 12.3. The largest absolute Gasteiger partial charge is 0.468 e. The summed E-state index contributed by atoms with van der Waals surface area (Å²) in [5, 5.41) is 5.31. The Kier molecular flexibility index (Phi) is 5.50. The van der Waals surface area contributed by atoms with E-state index < -0.39 is 29.4 Å². The first-order valence-corrected chi connectivity index (χ1v) is 11.6. The van der Waals surface area contributed by atoms with Crippen LogP contribution in [0.3, 0.4) is 0 Å². The third kappa shape index (κ3) is 3.10. The summed E-state index contributed by atoms with van der Waals surface area (Å²) < 4.78 is 5.14. The van der Waals surface area contributed by atoms with Crippen LogP contribution < -0.4 is 10.2 Å². The van der Waals surface area contributed by atoms with Gasteiger partial charge >= 0.3 is 5.97 Å². The molecule has 2 fully saturated rings. The lowest BCUT2D eigenvalue weighted by atomic mass is 9.78. The summed E-state index contributed by atoms with van der Waals surface area (Å²) in [5.41, 5.74) is -0.696. The van der Waals surface area contributed by atoms with Crippen LogP contribution in [0.1, 0.15) is 17.3 Å². The van der Waals surface area contributed by atoms with E-state index in [9.17, 15) is 14.4 Å².